The van der Waals surface area contributed by atoms with Crippen molar-refractivity contribution in [3.8, 4) is 12.3 Å². The molecule has 0 unspecified atom stereocenters. The maximum atomic E-state index is 12.2. The number of alkyl carbamates (subject to hydrolysis) is 1. The summed E-state index contributed by atoms with van der Waals surface area (Å²) in [7, 11) is 0. The molecule has 0 heterocycles. The smallest absolute Gasteiger partial charge is 0.408 e. The van der Waals surface area contributed by atoms with E-state index in [9.17, 15) is 14.4 Å². The Labute approximate surface area is 134 Å². The Morgan fingerprint density at radius 2 is 1.91 bits per heavy atom. The van der Waals surface area contributed by atoms with Crippen LogP contribution in [0.3, 0.4) is 0 Å². The van der Waals surface area contributed by atoms with Gasteiger partial charge in [-0.1, -0.05) is 36.3 Å². The zero-order valence-electron chi connectivity index (χ0n) is 12.6. The molecule has 0 aliphatic carbocycles. The zero-order valence-corrected chi connectivity index (χ0v) is 12.6. The monoisotopic (exact) mass is 318 g/mol. The van der Waals surface area contributed by atoms with Crippen LogP contribution < -0.4 is 10.6 Å². The highest BCUT2D eigenvalue weighted by atomic mass is 16.5. The van der Waals surface area contributed by atoms with Gasteiger partial charge in [-0.05, 0) is 12.5 Å². The first-order valence-electron chi connectivity index (χ1n) is 6.88. The predicted octanol–water partition coefficient (Wildman–Crippen LogP) is 0.546. The quantitative estimate of drug-likeness (QED) is 0.637. The third-order valence-electron chi connectivity index (χ3n) is 2.91. The van der Waals surface area contributed by atoms with E-state index < -0.39 is 30.1 Å². The minimum absolute atomic E-state index is 0.185. The van der Waals surface area contributed by atoms with Crippen molar-refractivity contribution in [1.82, 2.24) is 10.6 Å². The van der Waals surface area contributed by atoms with Gasteiger partial charge in [0.05, 0.1) is 0 Å². The van der Waals surface area contributed by atoms with Crippen molar-refractivity contribution in [3.63, 3.8) is 0 Å². The first kappa shape index (κ1) is 18.0. The second-order valence-electron chi connectivity index (χ2n) is 4.74. The molecule has 0 spiro atoms. The Bertz CT molecular complexity index is 594. The summed E-state index contributed by atoms with van der Waals surface area (Å²) in [4.78, 5) is 34.6. The number of carbonyl (C=O) groups is 3. The first-order chi connectivity index (χ1) is 10.9. The number of rotatable bonds is 7. The minimum atomic E-state index is -1.17. The lowest BCUT2D eigenvalue weighted by atomic mass is 10.1. The summed E-state index contributed by atoms with van der Waals surface area (Å²) in [5.74, 6) is 0.339. The van der Waals surface area contributed by atoms with E-state index in [2.05, 4.69) is 21.3 Å². The summed E-state index contributed by atoms with van der Waals surface area (Å²) in [6.07, 6.45) is 4.33. The third-order valence-corrected chi connectivity index (χ3v) is 2.91. The molecular formula is C16H18N2O5. The Morgan fingerprint density at radius 3 is 2.48 bits per heavy atom. The molecule has 0 aliphatic rings. The number of terminal acetylenes is 1. The van der Waals surface area contributed by atoms with Gasteiger partial charge in [0.2, 0.25) is 5.91 Å². The van der Waals surface area contributed by atoms with Crippen molar-refractivity contribution in [3.05, 3.63) is 35.9 Å². The van der Waals surface area contributed by atoms with E-state index in [0.717, 1.165) is 5.56 Å². The predicted molar refractivity (Wildman–Crippen MR) is 82.5 cm³/mol. The molecule has 23 heavy (non-hydrogen) atoms. The molecule has 0 radical (unpaired) electrons. The molecule has 122 valence electrons. The molecule has 3 N–H and O–H groups in total. The van der Waals surface area contributed by atoms with Gasteiger partial charge in [0.25, 0.3) is 0 Å². The van der Waals surface area contributed by atoms with Crippen molar-refractivity contribution < 1.29 is 24.2 Å². The topological polar surface area (TPSA) is 105 Å². The number of carbonyl (C=O) groups excluding carboxylic acids is 2. The molecule has 1 rings (SSSR count). The van der Waals surface area contributed by atoms with Gasteiger partial charge in [-0.15, -0.1) is 6.42 Å². The molecule has 2 atom stereocenters. The van der Waals surface area contributed by atoms with E-state index in [0.29, 0.717) is 0 Å². The summed E-state index contributed by atoms with van der Waals surface area (Å²) in [5.41, 5.74) is 0.799. The van der Waals surface area contributed by atoms with Crippen LogP contribution >= 0.6 is 0 Å². The standard InChI is InChI=1S/C16H18N2O5/c1-3-9-23-16(22)18-13(10-12-7-5-4-6-8-12)14(19)17-11(2)15(20)21/h1,4-8,11,13H,9-10H2,2H3,(H,17,19)(H,18,22)(H,20,21)/t11-,13-/m0/s1. The maximum absolute atomic E-state index is 12.2. The van der Waals surface area contributed by atoms with E-state index in [-0.39, 0.29) is 13.0 Å². The van der Waals surface area contributed by atoms with Crippen LogP contribution in [-0.2, 0) is 20.7 Å². The largest absolute Gasteiger partial charge is 0.480 e. The molecule has 7 nitrogen and oxygen atoms in total. The number of carboxylic acid groups (broad SMARTS) is 1. The highest BCUT2D eigenvalue weighted by Crippen LogP contribution is 2.04. The highest BCUT2D eigenvalue weighted by Gasteiger charge is 2.25. The van der Waals surface area contributed by atoms with Gasteiger partial charge in [0, 0.05) is 6.42 Å². The van der Waals surface area contributed by atoms with Gasteiger partial charge in [0.1, 0.15) is 12.1 Å². The summed E-state index contributed by atoms with van der Waals surface area (Å²) < 4.78 is 4.68. The molecule has 7 heteroatoms. The van der Waals surface area contributed by atoms with Crippen molar-refractivity contribution in [1.29, 1.82) is 0 Å². The number of benzene rings is 1. The zero-order chi connectivity index (χ0) is 17.2. The second kappa shape index (κ2) is 9.10. The average molecular weight is 318 g/mol. The molecule has 0 bridgehead atoms. The number of aliphatic carboxylic acids is 1. The van der Waals surface area contributed by atoms with Crippen molar-refractivity contribution in [2.45, 2.75) is 25.4 Å². The van der Waals surface area contributed by atoms with Crippen LogP contribution in [0.25, 0.3) is 0 Å². The second-order valence-corrected chi connectivity index (χ2v) is 4.74. The normalized spacial score (nSPS) is 12.3. The van der Waals surface area contributed by atoms with Crippen LogP contribution in [0.5, 0.6) is 0 Å². The van der Waals surface area contributed by atoms with Crippen molar-refractivity contribution in [2.75, 3.05) is 6.61 Å². The fourth-order valence-corrected chi connectivity index (χ4v) is 1.73. The molecule has 2 amide bonds. The summed E-state index contributed by atoms with van der Waals surface area (Å²) in [6, 6.07) is 6.92. The van der Waals surface area contributed by atoms with E-state index >= 15 is 0 Å². The van der Waals surface area contributed by atoms with Crippen LogP contribution in [-0.4, -0.2) is 41.8 Å². The highest BCUT2D eigenvalue weighted by molar-refractivity contribution is 5.89. The number of hydrogen-bond donors (Lipinski definition) is 3. The molecule has 0 aromatic heterocycles. The first-order valence-corrected chi connectivity index (χ1v) is 6.88. The lowest BCUT2D eigenvalue weighted by molar-refractivity contribution is -0.141. The Kier molecular flexibility index (Phi) is 7.14. The van der Waals surface area contributed by atoms with Gasteiger partial charge in [-0.25, -0.2) is 4.79 Å². The molecule has 0 aliphatic heterocycles. The Morgan fingerprint density at radius 1 is 1.26 bits per heavy atom. The van der Waals surface area contributed by atoms with E-state index in [1.54, 1.807) is 24.3 Å². The molecular weight excluding hydrogens is 300 g/mol. The van der Waals surface area contributed by atoms with Gasteiger partial charge in [0.15, 0.2) is 6.61 Å². The fraction of sp³-hybridized carbons (Fsp3) is 0.312. The summed E-state index contributed by atoms with van der Waals surface area (Å²) >= 11 is 0. The van der Waals surface area contributed by atoms with E-state index in [1.165, 1.54) is 6.92 Å². The minimum Gasteiger partial charge on any atom is -0.480 e. The van der Waals surface area contributed by atoms with Gasteiger partial charge >= 0.3 is 12.1 Å². The molecule has 1 aromatic rings. The van der Waals surface area contributed by atoms with E-state index in [1.807, 2.05) is 6.07 Å². The Balaban J connectivity index is 2.78. The summed E-state index contributed by atoms with van der Waals surface area (Å²) in [6.45, 7) is 1.10. The van der Waals surface area contributed by atoms with Crippen LogP contribution in [0.15, 0.2) is 30.3 Å². The molecule has 1 aromatic carbocycles. The van der Waals surface area contributed by atoms with Crippen molar-refractivity contribution >= 4 is 18.0 Å². The Hall–Kier alpha value is -3.01. The van der Waals surface area contributed by atoms with Crippen LogP contribution in [0, 0.1) is 12.3 Å². The molecule has 0 saturated heterocycles. The average Bonchev–Trinajstić information content (AvgIpc) is 2.53. The van der Waals surface area contributed by atoms with Gasteiger partial charge in [-0.2, -0.15) is 0 Å². The SMILES string of the molecule is C#CCOC(=O)N[C@@H](Cc1ccccc1)C(=O)N[C@@H](C)C(=O)O. The molecule has 0 fully saturated rings. The number of hydrogen-bond acceptors (Lipinski definition) is 4. The third kappa shape index (κ3) is 6.52. The number of amides is 2. The van der Waals surface area contributed by atoms with Crippen LogP contribution in [0.2, 0.25) is 0 Å². The number of ether oxygens (including phenoxy) is 1. The van der Waals surface area contributed by atoms with Crippen LogP contribution in [0.4, 0.5) is 4.79 Å². The van der Waals surface area contributed by atoms with Crippen LogP contribution in [0.1, 0.15) is 12.5 Å². The fourth-order valence-electron chi connectivity index (χ4n) is 1.73. The summed E-state index contributed by atoms with van der Waals surface area (Å²) in [5, 5.41) is 13.5. The van der Waals surface area contributed by atoms with E-state index in [4.69, 9.17) is 11.5 Å². The maximum Gasteiger partial charge on any atom is 0.408 e. The lowest BCUT2D eigenvalue weighted by Crippen LogP contribution is -2.51. The van der Waals surface area contributed by atoms with Gasteiger partial charge < -0.3 is 20.5 Å². The van der Waals surface area contributed by atoms with Gasteiger partial charge in [-0.3, -0.25) is 9.59 Å². The lowest BCUT2D eigenvalue weighted by Gasteiger charge is -2.19. The van der Waals surface area contributed by atoms with Crippen molar-refractivity contribution in [2.24, 2.45) is 0 Å². The molecule has 0 saturated carbocycles. The number of carboxylic acids is 1. The number of nitrogens with one attached hydrogen (secondary N) is 2.